The monoisotopic (exact) mass is 314 g/mol. The van der Waals surface area contributed by atoms with Crippen LogP contribution >= 0.6 is 0 Å². The van der Waals surface area contributed by atoms with Gasteiger partial charge in [0.15, 0.2) is 0 Å². The molecule has 23 heavy (non-hydrogen) atoms. The summed E-state index contributed by atoms with van der Waals surface area (Å²) in [5.41, 5.74) is 2.97. The fraction of sp³-hybridized carbons (Fsp3) is 0.412. The van der Waals surface area contributed by atoms with Crippen molar-refractivity contribution in [2.75, 3.05) is 45.8 Å². The quantitative estimate of drug-likeness (QED) is 0.930. The van der Waals surface area contributed by atoms with Crippen molar-refractivity contribution in [2.45, 2.75) is 6.10 Å². The number of nitrogens with zero attached hydrogens (tertiary/aromatic N) is 3. The maximum absolute atomic E-state index is 5.91. The van der Waals surface area contributed by atoms with E-state index in [0.29, 0.717) is 12.6 Å². The Morgan fingerprint density at radius 3 is 2.65 bits per heavy atom. The zero-order valence-electron chi connectivity index (χ0n) is 13.7. The van der Waals surface area contributed by atoms with Crippen LogP contribution in [0.25, 0.3) is 11.1 Å². The first-order valence-electron chi connectivity index (χ1n) is 7.70. The third-order valence-electron chi connectivity index (χ3n) is 3.84. The summed E-state index contributed by atoms with van der Waals surface area (Å²) in [6.07, 6.45) is 1.81. The minimum Gasteiger partial charge on any atom is -0.497 e. The number of rotatable bonds is 4. The molecule has 0 saturated carbocycles. The van der Waals surface area contributed by atoms with Gasteiger partial charge in [0, 0.05) is 38.9 Å². The first-order valence-corrected chi connectivity index (χ1v) is 7.70. The minimum absolute atomic E-state index is 0.0671. The molecule has 3 rings (SSSR count). The molecule has 1 aliphatic rings. The van der Waals surface area contributed by atoms with Gasteiger partial charge in [0.2, 0.25) is 5.95 Å². The molecule has 1 aromatic heterocycles. The SMILES string of the molecule is COc1ccc(-c2cnc(N(C)C)nc2[C@H]2CNCCO2)cc1. The van der Waals surface area contributed by atoms with Crippen molar-refractivity contribution in [3.8, 4) is 16.9 Å². The fourth-order valence-electron chi connectivity index (χ4n) is 2.58. The zero-order chi connectivity index (χ0) is 16.2. The molecule has 0 spiro atoms. The van der Waals surface area contributed by atoms with Crippen LogP contribution in [0.3, 0.4) is 0 Å². The summed E-state index contributed by atoms with van der Waals surface area (Å²) >= 11 is 0. The second-order valence-electron chi connectivity index (χ2n) is 5.66. The Hall–Kier alpha value is -2.18. The first-order chi connectivity index (χ1) is 11.2. The number of nitrogens with one attached hydrogen (secondary N) is 1. The van der Waals surface area contributed by atoms with Crippen molar-refractivity contribution >= 4 is 5.95 Å². The van der Waals surface area contributed by atoms with Crippen LogP contribution in [0.15, 0.2) is 30.5 Å². The Balaban J connectivity index is 2.03. The van der Waals surface area contributed by atoms with Gasteiger partial charge in [0.05, 0.1) is 19.4 Å². The van der Waals surface area contributed by atoms with E-state index in [0.717, 1.165) is 35.7 Å². The van der Waals surface area contributed by atoms with Gasteiger partial charge < -0.3 is 19.7 Å². The van der Waals surface area contributed by atoms with Crippen LogP contribution in [0, 0.1) is 0 Å². The summed E-state index contributed by atoms with van der Waals surface area (Å²) in [4.78, 5) is 11.1. The fourth-order valence-corrected chi connectivity index (χ4v) is 2.58. The maximum Gasteiger partial charge on any atom is 0.225 e. The number of morpholine rings is 1. The van der Waals surface area contributed by atoms with E-state index in [-0.39, 0.29) is 6.10 Å². The van der Waals surface area contributed by atoms with E-state index >= 15 is 0 Å². The molecule has 0 amide bonds. The number of aromatic nitrogens is 2. The number of anilines is 1. The van der Waals surface area contributed by atoms with Crippen LogP contribution < -0.4 is 15.0 Å². The van der Waals surface area contributed by atoms with Crippen molar-refractivity contribution in [2.24, 2.45) is 0 Å². The van der Waals surface area contributed by atoms with Gasteiger partial charge in [-0.2, -0.15) is 0 Å². The minimum atomic E-state index is -0.0671. The number of ether oxygens (including phenoxy) is 2. The standard InChI is InChI=1S/C17H22N4O2/c1-21(2)17-19-10-14(12-4-6-13(22-3)7-5-12)16(20-17)15-11-18-8-9-23-15/h4-7,10,15,18H,8-9,11H2,1-3H3/t15-/m1/s1. The van der Waals surface area contributed by atoms with Crippen LogP contribution in [0.1, 0.15) is 11.8 Å². The second kappa shape index (κ2) is 6.93. The lowest BCUT2D eigenvalue weighted by Crippen LogP contribution is -2.34. The predicted molar refractivity (Wildman–Crippen MR) is 89.9 cm³/mol. The van der Waals surface area contributed by atoms with Gasteiger partial charge >= 0.3 is 0 Å². The summed E-state index contributed by atoms with van der Waals surface area (Å²) in [7, 11) is 5.54. The Morgan fingerprint density at radius 1 is 1.26 bits per heavy atom. The van der Waals surface area contributed by atoms with Gasteiger partial charge in [-0.3, -0.25) is 0 Å². The number of benzene rings is 1. The van der Waals surface area contributed by atoms with Crippen molar-refractivity contribution in [3.63, 3.8) is 0 Å². The Labute approximate surface area is 136 Å². The molecule has 1 saturated heterocycles. The largest absolute Gasteiger partial charge is 0.497 e. The molecule has 0 unspecified atom stereocenters. The molecular formula is C17H22N4O2. The smallest absolute Gasteiger partial charge is 0.225 e. The molecule has 1 atom stereocenters. The number of hydrogen-bond donors (Lipinski definition) is 1. The van der Waals surface area contributed by atoms with Crippen LogP contribution in [0.5, 0.6) is 5.75 Å². The van der Waals surface area contributed by atoms with E-state index in [1.54, 1.807) is 7.11 Å². The van der Waals surface area contributed by atoms with Gasteiger partial charge in [0.25, 0.3) is 0 Å². The molecule has 0 aliphatic carbocycles. The highest BCUT2D eigenvalue weighted by atomic mass is 16.5. The lowest BCUT2D eigenvalue weighted by Gasteiger charge is -2.26. The van der Waals surface area contributed by atoms with E-state index in [2.05, 4.69) is 10.3 Å². The maximum atomic E-state index is 5.91. The average molecular weight is 314 g/mol. The lowest BCUT2D eigenvalue weighted by molar-refractivity contribution is 0.0254. The molecule has 0 bridgehead atoms. The molecule has 122 valence electrons. The molecule has 6 nitrogen and oxygen atoms in total. The van der Waals surface area contributed by atoms with Crippen molar-refractivity contribution < 1.29 is 9.47 Å². The summed E-state index contributed by atoms with van der Waals surface area (Å²) in [6, 6.07) is 7.93. The van der Waals surface area contributed by atoms with E-state index < -0.39 is 0 Å². The average Bonchev–Trinajstić information content (AvgIpc) is 2.62. The number of methoxy groups -OCH3 is 1. The van der Waals surface area contributed by atoms with Crippen molar-refractivity contribution in [1.29, 1.82) is 0 Å². The molecule has 0 radical (unpaired) electrons. The highest BCUT2D eigenvalue weighted by Crippen LogP contribution is 2.31. The Bertz CT molecular complexity index is 652. The van der Waals surface area contributed by atoms with Gasteiger partial charge in [-0.05, 0) is 17.7 Å². The number of hydrogen-bond acceptors (Lipinski definition) is 6. The highest BCUT2D eigenvalue weighted by molar-refractivity contribution is 5.67. The van der Waals surface area contributed by atoms with Gasteiger partial charge in [-0.1, -0.05) is 12.1 Å². The third-order valence-corrected chi connectivity index (χ3v) is 3.84. The van der Waals surface area contributed by atoms with Crippen LogP contribution in [0.4, 0.5) is 5.95 Å². The zero-order valence-corrected chi connectivity index (χ0v) is 13.7. The normalized spacial score (nSPS) is 17.8. The molecular weight excluding hydrogens is 292 g/mol. The third kappa shape index (κ3) is 3.43. The summed E-state index contributed by atoms with van der Waals surface area (Å²) in [6.45, 7) is 2.32. The molecule has 1 aromatic carbocycles. The van der Waals surface area contributed by atoms with E-state index in [1.807, 2.05) is 49.5 Å². The summed E-state index contributed by atoms with van der Waals surface area (Å²) in [5, 5.41) is 3.36. The van der Waals surface area contributed by atoms with Crippen molar-refractivity contribution in [3.05, 3.63) is 36.2 Å². The molecule has 6 heteroatoms. The molecule has 2 aromatic rings. The summed E-state index contributed by atoms with van der Waals surface area (Å²) < 4.78 is 11.1. The van der Waals surface area contributed by atoms with Gasteiger partial charge in [-0.25, -0.2) is 9.97 Å². The molecule has 2 heterocycles. The molecule has 1 fully saturated rings. The van der Waals surface area contributed by atoms with Crippen LogP contribution in [-0.2, 0) is 4.74 Å². The van der Waals surface area contributed by atoms with Crippen LogP contribution in [-0.4, -0.2) is 50.9 Å². The Kier molecular flexibility index (Phi) is 4.73. The van der Waals surface area contributed by atoms with E-state index in [1.165, 1.54) is 0 Å². The van der Waals surface area contributed by atoms with Gasteiger partial charge in [-0.15, -0.1) is 0 Å². The molecule has 1 N–H and O–H groups in total. The van der Waals surface area contributed by atoms with Crippen LogP contribution in [0.2, 0.25) is 0 Å². The van der Waals surface area contributed by atoms with E-state index in [9.17, 15) is 0 Å². The second-order valence-corrected chi connectivity index (χ2v) is 5.66. The predicted octanol–water partition coefficient (Wildman–Crippen LogP) is 1.88. The van der Waals surface area contributed by atoms with Gasteiger partial charge in [0.1, 0.15) is 11.9 Å². The molecule has 1 aliphatic heterocycles. The first kappa shape index (κ1) is 15.7. The van der Waals surface area contributed by atoms with E-state index in [4.69, 9.17) is 14.5 Å². The topological polar surface area (TPSA) is 59.5 Å². The highest BCUT2D eigenvalue weighted by Gasteiger charge is 2.22. The lowest BCUT2D eigenvalue weighted by atomic mass is 10.0. The van der Waals surface area contributed by atoms with Crippen molar-refractivity contribution in [1.82, 2.24) is 15.3 Å². The summed E-state index contributed by atoms with van der Waals surface area (Å²) in [5.74, 6) is 1.52. The Morgan fingerprint density at radius 2 is 2.04 bits per heavy atom.